The van der Waals surface area contributed by atoms with Gasteiger partial charge in [-0.25, -0.2) is 0 Å². The average molecular weight is 433 g/mol. The molecule has 2 aromatic heterocycles. The van der Waals surface area contributed by atoms with Crippen molar-refractivity contribution in [1.29, 1.82) is 0 Å². The Kier molecular flexibility index (Phi) is 5.01. The summed E-state index contributed by atoms with van der Waals surface area (Å²) in [6, 6.07) is 22.0. The molecule has 0 radical (unpaired) electrons. The van der Waals surface area contributed by atoms with Gasteiger partial charge in [0.15, 0.2) is 0 Å². The fourth-order valence-electron chi connectivity index (χ4n) is 4.95. The summed E-state index contributed by atoms with van der Waals surface area (Å²) in [4.78, 5) is 9.68. The molecule has 0 fully saturated rings. The molecule has 0 amide bonds. The SMILES string of the molecule is CC(C)(C)Cc1ccnc2c1ccc1c(-c3cc(C(C)(C)C)c4ccccc4c3)nccc12. The first-order valence-electron chi connectivity index (χ1n) is 11.8. The van der Waals surface area contributed by atoms with Crippen molar-refractivity contribution in [1.82, 2.24) is 9.97 Å². The zero-order valence-electron chi connectivity index (χ0n) is 20.5. The molecule has 0 bridgehead atoms. The van der Waals surface area contributed by atoms with Crippen LogP contribution >= 0.6 is 0 Å². The number of hydrogen-bond acceptors (Lipinski definition) is 2. The molecule has 33 heavy (non-hydrogen) atoms. The van der Waals surface area contributed by atoms with Gasteiger partial charge in [0.25, 0.3) is 0 Å². The summed E-state index contributed by atoms with van der Waals surface area (Å²) >= 11 is 0. The van der Waals surface area contributed by atoms with E-state index >= 15 is 0 Å². The molecule has 3 aromatic carbocycles. The molecule has 0 aliphatic rings. The van der Waals surface area contributed by atoms with Gasteiger partial charge < -0.3 is 0 Å². The number of rotatable bonds is 2. The van der Waals surface area contributed by atoms with E-state index in [4.69, 9.17) is 9.97 Å². The Morgan fingerprint density at radius 1 is 0.667 bits per heavy atom. The van der Waals surface area contributed by atoms with Crippen LogP contribution in [0.5, 0.6) is 0 Å². The van der Waals surface area contributed by atoms with Gasteiger partial charge in [-0.3, -0.25) is 9.97 Å². The molecule has 5 aromatic rings. The number of hydrogen-bond donors (Lipinski definition) is 0. The van der Waals surface area contributed by atoms with Crippen LogP contribution in [-0.2, 0) is 11.8 Å². The van der Waals surface area contributed by atoms with Crippen molar-refractivity contribution in [2.45, 2.75) is 53.4 Å². The molecule has 0 saturated carbocycles. The van der Waals surface area contributed by atoms with Gasteiger partial charge in [0, 0.05) is 34.1 Å². The van der Waals surface area contributed by atoms with Gasteiger partial charge in [-0.1, -0.05) is 77.9 Å². The van der Waals surface area contributed by atoms with E-state index in [0.717, 1.165) is 28.6 Å². The Labute approximate surface area is 196 Å². The van der Waals surface area contributed by atoms with Crippen molar-refractivity contribution < 1.29 is 0 Å². The topological polar surface area (TPSA) is 25.8 Å². The van der Waals surface area contributed by atoms with Crippen LogP contribution in [0.4, 0.5) is 0 Å². The van der Waals surface area contributed by atoms with Crippen molar-refractivity contribution >= 4 is 32.4 Å². The number of nitrogens with zero attached hydrogens (tertiary/aromatic N) is 2. The van der Waals surface area contributed by atoms with E-state index in [2.05, 4.69) is 102 Å². The van der Waals surface area contributed by atoms with Crippen LogP contribution in [0, 0.1) is 5.41 Å². The molecule has 2 nitrogen and oxygen atoms in total. The van der Waals surface area contributed by atoms with Crippen molar-refractivity contribution in [2.24, 2.45) is 5.41 Å². The van der Waals surface area contributed by atoms with Crippen molar-refractivity contribution in [3.8, 4) is 11.3 Å². The lowest BCUT2D eigenvalue weighted by Gasteiger charge is -2.23. The summed E-state index contributed by atoms with van der Waals surface area (Å²) in [5, 5.41) is 6.13. The number of benzene rings is 3. The van der Waals surface area contributed by atoms with Gasteiger partial charge >= 0.3 is 0 Å². The van der Waals surface area contributed by atoms with Gasteiger partial charge in [0.2, 0.25) is 0 Å². The number of fused-ring (bicyclic) bond motifs is 4. The molecule has 5 rings (SSSR count). The highest BCUT2D eigenvalue weighted by atomic mass is 14.7. The van der Waals surface area contributed by atoms with E-state index in [9.17, 15) is 0 Å². The highest BCUT2D eigenvalue weighted by molar-refractivity contribution is 6.10. The lowest BCUT2D eigenvalue weighted by molar-refractivity contribution is 0.412. The zero-order valence-corrected chi connectivity index (χ0v) is 20.5. The van der Waals surface area contributed by atoms with E-state index < -0.39 is 0 Å². The molecule has 2 heterocycles. The second-order valence-electron chi connectivity index (χ2n) is 11.4. The molecule has 2 heteroatoms. The summed E-state index contributed by atoms with van der Waals surface area (Å²) in [6.45, 7) is 13.7. The zero-order chi connectivity index (χ0) is 23.4. The third-order valence-corrected chi connectivity index (χ3v) is 6.41. The minimum absolute atomic E-state index is 0.0380. The molecule has 0 N–H and O–H groups in total. The normalized spacial score (nSPS) is 12.7. The highest BCUT2D eigenvalue weighted by Crippen LogP contribution is 2.38. The molecular weight excluding hydrogens is 400 g/mol. The van der Waals surface area contributed by atoms with Crippen LogP contribution < -0.4 is 0 Å². The summed E-state index contributed by atoms with van der Waals surface area (Å²) in [5.41, 5.74) is 6.21. The predicted molar refractivity (Wildman–Crippen MR) is 142 cm³/mol. The van der Waals surface area contributed by atoms with Crippen LogP contribution in [0.1, 0.15) is 52.7 Å². The Morgan fingerprint density at radius 3 is 2.15 bits per heavy atom. The average Bonchev–Trinajstić information content (AvgIpc) is 2.76. The summed E-state index contributed by atoms with van der Waals surface area (Å²) in [5.74, 6) is 0. The molecular formula is C31H32N2. The summed E-state index contributed by atoms with van der Waals surface area (Å²) in [7, 11) is 0. The lowest BCUT2D eigenvalue weighted by atomic mass is 9.82. The fraction of sp³-hybridized carbons (Fsp3) is 0.290. The Bertz CT molecular complexity index is 1500. The van der Waals surface area contributed by atoms with Gasteiger partial charge in [-0.15, -0.1) is 0 Å². The third kappa shape index (κ3) is 3.99. The van der Waals surface area contributed by atoms with Gasteiger partial charge in [0.1, 0.15) is 0 Å². The standard InChI is InChI=1S/C31H32N2/c1-30(2,3)19-21-13-15-33-29-24(21)11-12-25-26(29)14-16-32-28(25)22-17-20-9-7-8-10-23(20)27(18-22)31(4,5)6/h7-18H,19H2,1-6H3. The smallest absolute Gasteiger partial charge is 0.0784 e. The first-order valence-corrected chi connectivity index (χ1v) is 11.8. The molecule has 0 atom stereocenters. The predicted octanol–water partition coefficient (Wildman–Crippen LogP) is 8.49. The molecule has 166 valence electrons. The Hall–Kier alpha value is -3.26. The molecule has 0 aliphatic heterocycles. The van der Waals surface area contributed by atoms with Crippen LogP contribution in [-0.4, -0.2) is 9.97 Å². The second-order valence-corrected chi connectivity index (χ2v) is 11.4. The Morgan fingerprint density at radius 2 is 1.39 bits per heavy atom. The largest absolute Gasteiger partial charge is 0.256 e. The quantitative estimate of drug-likeness (QED) is 0.261. The molecule has 0 saturated heterocycles. The van der Waals surface area contributed by atoms with Crippen molar-refractivity contribution in [3.05, 3.63) is 84.2 Å². The van der Waals surface area contributed by atoms with Gasteiger partial charge in [0.05, 0.1) is 11.2 Å². The van der Waals surface area contributed by atoms with Crippen LogP contribution in [0.3, 0.4) is 0 Å². The van der Waals surface area contributed by atoms with Crippen molar-refractivity contribution in [2.75, 3.05) is 0 Å². The second kappa shape index (κ2) is 7.66. The minimum atomic E-state index is 0.0380. The van der Waals surface area contributed by atoms with E-state index in [0.29, 0.717) is 0 Å². The molecule has 0 spiro atoms. The number of aromatic nitrogens is 2. The molecule has 0 unspecified atom stereocenters. The minimum Gasteiger partial charge on any atom is -0.256 e. The van der Waals surface area contributed by atoms with Crippen LogP contribution in [0.25, 0.3) is 43.7 Å². The number of pyridine rings is 2. The third-order valence-electron chi connectivity index (χ3n) is 6.41. The Balaban J connectivity index is 1.77. The highest BCUT2D eigenvalue weighted by Gasteiger charge is 2.20. The molecule has 0 aliphatic carbocycles. The van der Waals surface area contributed by atoms with Gasteiger partial charge in [-0.2, -0.15) is 0 Å². The fourth-order valence-corrected chi connectivity index (χ4v) is 4.95. The maximum atomic E-state index is 4.87. The first-order chi connectivity index (χ1) is 15.6. The van der Waals surface area contributed by atoms with E-state index in [-0.39, 0.29) is 10.8 Å². The monoisotopic (exact) mass is 432 g/mol. The maximum absolute atomic E-state index is 4.87. The van der Waals surface area contributed by atoms with E-state index in [1.807, 2.05) is 12.4 Å². The van der Waals surface area contributed by atoms with E-state index in [1.165, 1.54) is 32.7 Å². The first kappa shape index (κ1) is 21.6. The van der Waals surface area contributed by atoms with Crippen LogP contribution in [0.15, 0.2) is 73.1 Å². The lowest BCUT2D eigenvalue weighted by Crippen LogP contribution is -2.12. The maximum Gasteiger partial charge on any atom is 0.0784 e. The van der Waals surface area contributed by atoms with Gasteiger partial charge in [-0.05, 0) is 63.4 Å². The summed E-state index contributed by atoms with van der Waals surface area (Å²) in [6.07, 6.45) is 4.91. The van der Waals surface area contributed by atoms with Crippen LogP contribution in [0.2, 0.25) is 0 Å². The summed E-state index contributed by atoms with van der Waals surface area (Å²) < 4.78 is 0. The van der Waals surface area contributed by atoms with Crippen molar-refractivity contribution in [3.63, 3.8) is 0 Å². The van der Waals surface area contributed by atoms with E-state index in [1.54, 1.807) is 0 Å².